The van der Waals surface area contributed by atoms with Gasteiger partial charge in [0.1, 0.15) is 44.6 Å². The number of pyridine rings is 3. The predicted octanol–water partition coefficient (Wildman–Crippen LogP) is 6.64. The SMILES string of the molecule is Cc1ncnc2c1c(NCc1ccc([N+](=O)[O-])cc1)cc(=O)n2OCc1ccccc1.Cc1ncnc2c1c(O)cc(=O)n2OCc1ccccc1.Cc1ncnc2c1c(OS(=O)(=O)C(F)(F)F)cc(=O)n2OCc1ccccc1. The van der Waals surface area contributed by atoms with E-state index in [0.717, 1.165) is 38.5 Å². The second kappa shape index (κ2) is 24.3. The first-order valence-electron chi connectivity index (χ1n) is 23.6. The van der Waals surface area contributed by atoms with E-state index in [0.29, 0.717) is 51.7 Å². The van der Waals surface area contributed by atoms with E-state index >= 15 is 0 Å². The fourth-order valence-corrected chi connectivity index (χ4v) is 8.09. The van der Waals surface area contributed by atoms with Crippen LogP contribution < -0.4 is 40.7 Å². The maximum Gasteiger partial charge on any atom is 0.534 e. The van der Waals surface area contributed by atoms with E-state index in [1.165, 1.54) is 42.5 Å². The van der Waals surface area contributed by atoms with Crippen LogP contribution in [0.5, 0.6) is 11.5 Å². The van der Waals surface area contributed by atoms with Crippen LogP contribution in [0.15, 0.2) is 167 Å². The number of non-ortho nitro benzene ring substituents is 1. The number of nitrogens with zero attached hydrogens (tertiary/aromatic N) is 10. The molecule has 0 fully saturated rings. The molecule has 2 N–H and O–H groups in total. The third kappa shape index (κ3) is 13.1. The van der Waals surface area contributed by atoms with E-state index < -0.39 is 37.4 Å². The monoisotopic (exact) mass is 1120 g/mol. The fourth-order valence-electron chi connectivity index (χ4n) is 7.62. The highest BCUT2D eigenvalue weighted by atomic mass is 32.2. The van der Waals surface area contributed by atoms with Gasteiger partial charge < -0.3 is 29.1 Å². The first-order valence-corrected chi connectivity index (χ1v) is 25.0. The van der Waals surface area contributed by atoms with Crippen molar-refractivity contribution in [1.82, 2.24) is 44.1 Å². The average Bonchev–Trinajstić information content (AvgIpc) is 3.55. The Hall–Kier alpha value is -10.3. The molecule has 0 aliphatic heterocycles. The number of aromatic hydroxyl groups is 1. The predicted molar refractivity (Wildman–Crippen MR) is 283 cm³/mol. The molecule has 0 bridgehead atoms. The van der Waals surface area contributed by atoms with Crippen molar-refractivity contribution in [3.05, 3.63) is 233 Å². The zero-order chi connectivity index (χ0) is 57.1. The minimum absolute atomic E-state index is 0.0246. The number of nitrogens with one attached hydrogen (secondary N) is 1. The first kappa shape index (κ1) is 55.9. The van der Waals surface area contributed by atoms with Crippen molar-refractivity contribution in [2.75, 3.05) is 5.32 Å². The summed E-state index contributed by atoms with van der Waals surface area (Å²) in [5.41, 5.74) is -1.74. The molecule has 6 aromatic heterocycles. The van der Waals surface area contributed by atoms with Gasteiger partial charge in [0.2, 0.25) is 0 Å². The molecule has 0 radical (unpaired) electrons. The van der Waals surface area contributed by atoms with Crippen molar-refractivity contribution in [3.63, 3.8) is 0 Å². The number of aryl methyl sites for hydroxylation is 3. The van der Waals surface area contributed by atoms with Gasteiger partial charge in [-0.1, -0.05) is 103 Å². The highest BCUT2D eigenvalue weighted by molar-refractivity contribution is 7.88. The summed E-state index contributed by atoms with van der Waals surface area (Å²) in [6.07, 6.45) is 3.78. The molecule has 27 heteroatoms. The maximum atomic E-state index is 12.8. The minimum Gasteiger partial charge on any atom is -0.507 e. The third-order valence-electron chi connectivity index (χ3n) is 11.5. The van der Waals surface area contributed by atoms with E-state index in [9.17, 15) is 51.2 Å². The van der Waals surface area contributed by atoms with Crippen LogP contribution in [-0.2, 0) is 36.5 Å². The van der Waals surface area contributed by atoms with Gasteiger partial charge in [-0.2, -0.15) is 21.6 Å². The number of halogens is 3. The Kier molecular flexibility index (Phi) is 17.0. The molecule has 0 amide bonds. The maximum absolute atomic E-state index is 12.8. The topological polar surface area (TPSA) is 290 Å². The number of anilines is 1. The van der Waals surface area contributed by atoms with Gasteiger partial charge in [0.25, 0.3) is 22.4 Å². The molecule has 0 spiro atoms. The van der Waals surface area contributed by atoms with Crippen LogP contribution in [0, 0.1) is 30.9 Å². The van der Waals surface area contributed by atoms with Crippen LogP contribution in [0.3, 0.4) is 0 Å². The van der Waals surface area contributed by atoms with Crippen molar-refractivity contribution in [2.45, 2.75) is 52.6 Å². The number of hydrogen-bond acceptors (Lipinski definition) is 19. The van der Waals surface area contributed by atoms with Gasteiger partial charge in [-0.3, -0.25) is 24.5 Å². The number of nitro benzene ring substituents is 1. The number of aromatic nitrogens is 9. The number of benzene rings is 4. The molecular formula is C53H44F3N11O12S. The Bertz CT molecular complexity index is 4160. The number of nitro groups is 1. The molecule has 23 nitrogen and oxygen atoms in total. The van der Waals surface area contributed by atoms with E-state index in [1.54, 1.807) is 49.4 Å². The van der Waals surface area contributed by atoms with Gasteiger partial charge in [-0.05, 0) is 43.0 Å². The summed E-state index contributed by atoms with van der Waals surface area (Å²) in [6, 6.07) is 37.1. The molecule has 0 saturated heterocycles. The zero-order valence-electron chi connectivity index (χ0n) is 42.2. The highest BCUT2D eigenvalue weighted by Gasteiger charge is 2.49. The normalized spacial score (nSPS) is 11.2. The molecule has 10 rings (SSSR count). The molecule has 0 aliphatic carbocycles. The number of alkyl halides is 3. The quantitative estimate of drug-likeness (QED) is 0.0470. The van der Waals surface area contributed by atoms with E-state index in [1.807, 2.05) is 67.6 Å². The number of rotatable bonds is 15. The van der Waals surface area contributed by atoms with Gasteiger partial charge in [0, 0.05) is 30.8 Å². The summed E-state index contributed by atoms with van der Waals surface area (Å²) in [4.78, 5) is 88.5. The van der Waals surface area contributed by atoms with E-state index in [2.05, 4.69) is 39.4 Å². The Labute approximate surface area is 449 Å². The van der Waals surface area contributed by atoms with Crippen molar-refractivity contribution >= 4 is 54.6 Å². The van der Waals surface area contributed by atoms with E-state index in [4.69, 9.17) is 14.5 Å². The Morgan fingerprint density at radius 2 is 0.963 bits per heavy atom. The first-order chi connectivity index (χ1) is 38.3. The van der Waals surface area contributed by atoms with Gasteiger partial charge in [0.05, 0.1) is 49.9 Å². The lowest BCUT2D eigenvalue weighted by Crippen LogP contribution is -2.31. The summed E-state index contributed by atoms with van der Waals surface area (Å²) in [5, 5.41) is 24.8. The van der Waals surface area contributed by atoms with Gasteiger partial charge >= 0.3 is 15.6 Å². The summed E-state index contributed by atoms with van der Waals surface area (Å²) in [7, 11) is -5.99. The second-order valence-corrected chi connectivity index (χ2v) is 18.5. The standard InChI is InChI=1S/C22H19N5O4.C16H12F3N3O5S.C15H13N3O3/c1-15-21-19(23-12-16-7-9-18(10-8-16)27(29)30)11-20(28)26(22(21)25-14-24-15)31-13-17-5-3-2-4-6-17;1-10-14-12(27-28(24,25)16(17,18)19)7-13(23)22(15(14)21-9-20-10)26-8-11-5-3-2-4-6-11;1-10-14-12(19)7-13(20)18(15(14)17-9-16-10)21-8-11-5-3-2-4-6-11/h2-11,14,23H,12-13H2,1H3;2-7,9H,8H2,1H3;2-7,9,19H,8H2,1H3. The lowest BCUT2D eigenvalue weighted by atomic mass is 10.2. The van der Waals surface area contributed by atoms with Crippen LogP contribution >= 0.6 is 0 Å². The van der Waals surface area contributed by atoms with Gasteiger partial charge in [0.15, 0.2) is 22.7 Å². The minimum atomic E-state index is -5.99. The lowest BCUT2D eigenvalue weighted by molar-refractivity contribution is -0.384. The van der Waals surface area contributed by atoms with Gasteiger partial charge in [-0.25, -0.2) is 29.9 Å². The van der Waals surface area contributed by atoms with Crippen LogP contribution in [0.4, 0.5) is 24.5 Å². The van der Waals surface area contributed by atoms with Crippen LogP contribution in [0.25, 0.3) is 33.1 Å². The summed E-state index contributed by atoms with van der Waals surface area (Å²) in [6.45, 7) is 5.72. The Morgan fingerprint density at radius 3 is 1.41 bits per heavy atom. The largest absolute Gasteiger partial charge is 0.534 e. The van der Waals surface area contributed by atoms with Crippen LogP contribution in [0.2, 0.25) is 0 Å². The third-order valence-corrected chi connectivity index (χ3v) is 12.5. The number of fused-ring (bicyclic) bond motifs is 3. The number of hydrogen-bond donors (Lipinski definition) is 2. The van der Waals surface area contributed by atoms with Crippen molar-refractivity contribution < 1.29 is 50.3 Å². The Balaban J connectivity index is 0.000000161. The Morgan fingerprint density at radius 1 is 0.562 bits per heavy atom. The molecule has 0 atom stereocenters. The second-order valence-electron chi connectivity index (χ2n) is 17.0. The van der Waals surface area contributed by atoms with E-state index in [-0.39, 0.29) is 59.2 Å². The lowest BCUT2D eigenvalue weighted by Gasteiger charge is -2.15. The van der Waals surface area contributed by atoms with Crippen LogP contribution in [0.1, 0.15) is 39.3 Å². The highest BCUT2D eigenvalue weighted by Crippen LogP contribution is 2.31. The zero-order valence-corrected chi connectivity index (χ0v) is 43.0. The summed E-state index contributed by atoms with van der Waals surface area (Å²) < 4.78 is 67.8. The average molecular weight is 1120 g/mol. The molecule has 0 unspecified atom stereocenters. The fraction of sp³-hybridized carbons (Fsp3) is 0.151. The van der Waals surface area contributed by atoms with Crippen molar-refractivity contribution in [1.29, 1.82) is 0 Å². The molecule has 6 heterocycles. The summed E-state index contributed by atoms with van der Waals surface area (Å²) >= 11 is 0. The molecule has 80 heavy (non-hydrogen) atoms. The molecule has 0 aliphatic rings. The van der Waals surface area contributed by atoms with Crippen molar-refractivity contribution in [2.24, 2.45) is 0 Å². The summed E-state index contributed by atoms with van der Waals surface area (Å²) in [5.74, 6) is -0.984. The molecule has 410 valence electrons. The van der Waals surface area contributed by atoms with Crippen LogP contribution in [-0.4, -0.2) is 68.1 Å². The smallest absolute Gasteiger partial charge is 0.507 e. The van der Waals surface area contributed by atoms with Gasteiger partial charge in [-0.15, -0.1) is 14.2 Å². The molecular weight excluding hydrogens is 1070 g/mol. The molecule has 10 aromatic rings. The molecule has 4 aromatic carbocycles. The molecule has 0 saturated carbocycles. The van der Waals surface area contributed by atoms with Crippen molar-refractivity contribution in [3.8, 4) is 11.5 Å².